The monoisotopic (exact) mass is 232 g/mol. The molecule has 0 amide bonds. The molecule has 2 rings (SSSR count). The Labute approximate surface area is 98.3 Å². The molecule has 88 valence electrons. The smallest absolute Gasteiger partial charge is 0.280 e. The number of carbonyl (C=O) groups is 1. The molecule has 0 spiro atoms. The first-order chi connectivity index (χ1) is 8.18. The van der Waals surface area contributed by atoms with Crippen LogP contribution in [0.5, 0.6) is 0 Å². The maximum Gasteiger partial charge on any atom is 0.280 e. The molecule has 1 aromatic rings. The topological polar surface area (TPSA) is 72.2 Å². The molecule has 0 radical (unpaired) electrons. The molecule has 0 aliphatic heterocycles. The Morgan fingerprint density at radius 2 is 2.12 bits per heavy atom. The number of rotatable bonds is 5. The molecule has 0 bridgehead atoms. The summed E-state index contributed by atoms with van der Waals surface area (Å²) in [6.45, 7) is 0. The van der Waals surface area contributed by atoms with E-state index in [4.69, 9.17) is 0 Å². The van der Waals surface area contributed by atoms with E-state index in [0.717, 1.165) is 12.8 Å². The molecule has 0 saturated heterocycles. The summed E-state index contributed by atoms with van der Waals surface area (Å²) in [4.78, 5) is 21.9. The number of nitrogens with zero attached hydrogens (tertiary/aromatic N) is 1. The van der Waals surface area contributed by atoms with E-state index < -0.39 is 4.92 Å². The van der Waals surface area contributed by atoms with Crippen molar-refractivity contribution in [1.29, 1.82) is 0 Å². The molecule has 5 nitrogen and oxygen atoms in total. The van der Waals surface area contributed by atoms with E-state index in [0.29, 0.717) is 6.04 Å². The van der Waals surface area contributed by atoms with Crippen LogP contribution in [0.4, 0.5) is 5.69 Å². The van der Waals surface area contributed by atoms with E-state index in [1.54, 1.807) is 18.3 Å². The van der Waals surface area contributed by atoms with Gasteiger partial charge in [0.25, 0.3) is 5.69 Å². The third kappa shape index (κ3) is 2.90. The number of para-hydroxylation sites is 1. The van der Waals surface area contributed by atoms with Crippen LogP contribution < -0.4 is 5.32 Å². The highest BCUT2D eigenvalue weighted by Crippen LogP contribution is 2.20. The number of benzene rings is 1. The van der Waals surface area contributed by atoms with Gasteiger partial charge in [-0.15, -0.1) is 0 Å². The molecule has 1 fully saturated rings. The number of hydrogen-bond acceptors (Lipinski definition) is 4. The Balaban J connectivity index is 2.11. The van der Waals surface area contributed by atoms with Crippen molar-refractivity contribution in [2.24, 2.45) is 0 Å². The van der Waals surface area contributed by atoms with Crippen LogP contribution in [0.15, 0.2) is 36.5 Å². The van der Waals surface area contributed by atoms with Crippen molar-refractivity contribution >= 4 is 11.5 Å². The van der Waals surface area contributed by atoms with Gasteiger partial charge in [-0.3, -0.25) is 14.9 Å². The molecule has 1 aliphatic rings. The standard InChI is InChI=1S/C12H12N2O3/c15-12(7-8-13-9-5-6-9)10-3-1-2-4-11(10)14(16)17/h1-4,7-9,13H,5-6H2/b8-7+. The number of carbonyl (C=O) groups excluding carboxylic acids is 1. The molecule has 1 saturated carbocycles. The summed E-state index contributed by atoms with van der Waals surface area (Å²) in [6.07, 6.45) is 5.13. The third-order valence-electron chi connectivity index (χ3n) is 2.51. The quantitative estimate of drug-likeness (QED) is 0.365. The summed E-state index contributed by atoms with van der Waals surface area (Å²) in [5.74, 6) is -0.356. The van der Waals surface area contributed by atoms with Gasteiger partial charge in [0.05, 0.1) is 10.5 Å². The van der Waals surface area contributed by atoms with Gasteiger partial charge in [0.1, 0.15) is 0 Å². The van der Waals surface area contributed by atoms with Crippen LogP contribution in [0.3, 0.4) is 0 Å². The predicted molar refractivity (Wildman–Crippen MR) is 62.7 cm³/mol. The van der Waals surface area contributed by atoms with Gasteiger partial charge in [0, 0.05) is 24.4 Å². The van der Waals surface area contributed by atoms with Gasteiger partial charge in [-0.05, 0) is 18.9 Å². The number of nitro groups is 1. The van der Waals surface area contributed by atoms with Crippen molar-refractivity contribution in [2.75, 3.05) is 0 Å². The van der Waals surface area contributed by atoms with Gasteiger partial charge in [-0.1, -0.05) is 12.1 Å². The average molecular weight is 232 g/mol. The number of ketones is 1. The molecule has 0 heterocycles. The Hall–Kier alpha value is -2.17. The SMILES string of the molecule is O=C(/C=C/NC1CC1)c1ccccc1[N+](=O)[O-]. The lowest BCUT2D eigenvalue weighted by Gasteiger charge is -1.98. The minimum absolute atomic E-state index is 0.117. The lowest BCUT2D eigenvalue weighted by Crippen LogP contribution is -2.08. The van der Waals surface area contributed by atoms with Gasteiger partial charge in [-0.25, -0.2) is 0 Å². The zero-order valence-corrected chi connectivity index (χ0v) is 9.13. The van der Waals surface area contributed by atoms with E-state index in [1.165, 1.54) is 18.2 Å². The fourth-order valence-electron chi connectivity index (χ4n) is 1.44. The van der Waals surface area contributed by atoms with E-state index in [9.17, 15) is 14.9 Å². The zero-order valence-electron chi connectivity index (χ0n) is 9.13. The summed E-state index contributed by atoms with van der Waals surface area (Å²) in [7, 11) is 0. The highest BCUT2D eigenvalue weighted by molar-refractivity contribution is 6.07. The summed E-state index contributed by atoms with van der Waals surface area (Å²) in [5, 5.41) is 13.8. The predicted octanol–water partition coefficient (Wildman–Crippen LogP) is 2.04. The van der Waals surface area contributed by atoms with E-state index in [-0.39, 0.29) is 17.0 Å². The van der Waals surface area contributed by atoms with Gasteiger partial charge < -0.3 is 5.32 Å². The first-order valence-corrected chi connectivity index (χ1v) is 5.39. The fraction of sp³-hybridized carbons (Fsp3) is 0.250. The van der Waals surface area contributed by atoms with Crippen molar-refractivity contribution < 1.29 is 9.72 Å². The Kier molecular flexibility index (Phi) is 3.18. The van der Waals surface area contributed by atoms with Crippen LogP contribution in [-0.2, 0) is 0 Å². The summed E-state index contributed by atoms with van der Waals surface area (Å²) >= 11 is 0. The minimum Gasteiger partial charge on any atom is -0.388 e. The van der Waals surface area contributed by atoms with Crippen LogP contribution in [0.1, 0.15) is 23.2 Å². The van der Waals surface area contributed by atoms with E-state index in [1.807, 2.05) is 0 Å². The van der Waals surface area contributed by atoms with Crippen molar-refractivity contribution in [2.45, 2.75) is 18.9 Å². The van der Waals surface area contributed by atoms with Gasteiger partial charge in [-0.2, -0.15) is 0 Å². The summed E-state index contributed by atoms with van der Waals surface area (Å²) in [6, 6.07) is 6.41. The van der Waals surface area contributed by atoms with Crippen molar-refractivity contribution in [3.63, 3.8) is 0 Å². The number of allylic oxidation sites excluding steroid dienone is 1. The van der Waals surface area contributed by atoms with Crippen LogP contribution in [0.2, 0.25) is 0 Å². The molecule has 1 N–H and O–H groups in total. The molecule has 0 aromatic heterocycles. The van der Waals surface area contributed by atoms with Gasteiger partial charge in [0.15, 0.2) is 5.78 Å². The molecular weight excluding hydrogens is 220 g/mol. The first kappa shape index (κ1) is 11.3. The van der Waals surface area contributed by atoms with Gasteiger partial charge >= 0.3 is 0 Å². The van der Waals surface area contributed by atoms with E-state index >= 15 is 0 Å². The molecule has 5 heteroatoms. The fourth-order valence-corrected chi connectivity index (χ4v) is 1.44. The molecule has 1 aliphatic carbocycles. The Bertz CT molecular complexity index is 478. The van der Waals surface area contributed by atoms with Crippen LogP contribution in [0.25, 0.3) is 0 Å². The lowest BCUT2D eigenvalue weighted by molar-refractivity contribution is -0.385. The average Bonchev–Trinajstić information content (AvgIpc) is 3.13. The van der Waals surface area contributed by atoms with Crippen LogP contribution >= 0.6 is 0 Å². The summed E-state index contributed by atoms with van der Waals surface area (Å²) < 4.78 is 0. The molecule has 17 heavy (non-hydrogen) atoms. The zero-order chi connectivity index (χ0) is 12.3. The van der Waals surface area contributed by atoms with Crippen molar-refractivity contribution in [1.82, 2.24) is 5.32 Å². The van der Waals surface area contributed by atoms with Gasteiger partial charge in [0.2, 0.25) is 0 Å². The largest absolute Gasteiger partial charge is 0.388 e. The van der Waals surface area contributed by atoms with Crippen molar-refractivity contribution in [3.05, 3.63) is 52.2 Å². The molecular formula is C12H12N2O3. The normalized spacial score (nSPS) is 14.8. The van der Waals surface area contributed by atoms with Crippen molar-refractivity contribution in [3.8, 4) is 0 Å². The molecule has 0 atom stereocenters. The highest BCUT2D eigenvalue weighted by atomic mass is 16.6. The minimum atomic E-state index is -0.546. The Morgan fingerprint density at radius 1 is 1.41 bits per heavy atom. The van der Waals surface area contributed by atoms with Crippen LogP contribution in [-0.4, -0.2) is 16.7 Å². The molecule has 1 aromatic carbocycles. The number of hydrogen-bond donors (Lipinski definition) is 1. The first-order valence-electron chi connectivity index (χ1n) is 5.39. The highest BCUT2D eigenvalue weighted by Gasteiger charge is 2.20. The Morgan fingerprint density at radius 3 is 2.76 bits per heavy atom. The lowest BCUT2D eigenvalue weighted by atomic mass is 10.1. The maximum atomic E-state index is 11.7. The number of nitro benzene ring substituents is 1. The second-order valence-corrected chi connectivity index (χ2v) is 3.91. The number of nitrogens with one attached hydrogen (secondary N) is 1. The second kappa shape index (κ2) is 4.78. The van der Waals surface area contributed by atoms with Crippen LogP contribution in [0, 0.1) is 10.1 Å². The van der Waals surface area contributed by atoms with E-state index in [2.05, 4.69) is 5.32 Å². The molecule has 0 unspecified atom stereocenters. The summed E-state index contributed by atoms with van der Waals surface area (Å²) in [5.41, 5.74) is -0.0417. The second-order valence-electron chi connectivity index (χ2n) is 3.91. The maximum absolute atomic E-state index is 11.7. The third-order valence-corrected chi connectivity index (χ3v) is 2.51.